The summed E-state index contributed by atoms with van der Waals surface area (Å²) in [5, 5.41) is 6.33. The van der Waals surface area contributed by atoms with Gasteiger partial charge in [0, 0.05) is 6.04 Å². The van der Waals surface area contributed by atoms with Crippen LogP contribution >= 0.6 is 0 Å². The first-order valence-corrected chi connectivity index (χ1v) is 3.84. The fourth-order valence-electron chi connectivity index (χ4n) is 1.15. The second kappa shape index (κ2) is 3.91. The van der Waals surface area contributed by atoms with Gasteiger partial charge in [0.2, 0.25) is 0 Å². The molecule has 10 heavy (non-hydrogen) atoms. The van der Waals surface area contributed by atoms with Crippen molar-refractivity contribution in [2.45, 2.75) is 25.5 Å². The molecule has 0 aromatic heterocycles. The molecular weight excluding hydrogens is 128 g/mol. The number of hydrogen-bond acceptors (Lipinski definition) is 3. The van der Waals surface area contributed by atoms with Gasteiger partial charge in [-0.1, -0.05) is 0 Å². The molecule has 0 radical (unpaired) electrons. The molecule has 1 aliphatic heterocycles. The molecular formula is C7H16N2O. The third-order valence-electron chi connectivity index (χ3n) is 2.02. The second-order valence-electron chi connectivity index (χ2n) is 2.72. The Morgan fingerprint density at radius 2 is 2.50 bits per heavy atom. The van der Waals surface area contributed by atoms with Crippen LogP contribution in [0.1, 0.15) is 13.3 Å². The topological polar surface area (TPSA) is 33.3 Å². The molecule has 0 bridgehead atoms. The number of ether oxygens (including phenoxy) is 1. The second-order valence-corrected chi connectivity index (χ2v) is 2.72. The van der Waals surface area contributed by atoms with E-state index in [0.717, 1.165) is 13.0 Å². The zero-order valence-electron chi connectivity index (χ0n) is 6.68. The summed E-state index contributed by atoms with van der Waals surface area (Å²) in [6, 6.07) is 0.474. The Bertz CT molecular complexity index is 91.6. The van der Waals surface area contributed by atoms with Gasteiger partial charge in [0.25, 0.3) is 0 Å². The summed E-state index contributed by atoms with van der Waals surface area (Å²) < 4.78 is 5.46. The summed E-state index contributed by atoms with van der Waals surface area (Å²) in [6.07, 6.45) is 1.51. The quantitative estimate of drug-likeness (QED) is 0.569. The smallest absolute Gasteiger partial charge is 0.0969 e. The van der Waals surface area contributed by atoms with Gasteiger partial charge in [-0.2, -0.15) is 0 Å². The van der Waals surface area contributed by atoms with Gasteiger partial charge >= 0.3 is 0 Å². The third-order valence-corrected chi connectivity index (χ3v) is 2.02. The minimum absolute atomic E-state index is 0.395. The zero-order chi connectivity index (χ0) is 7.40. The van der Waals surface area contributed by atoms with Crippen molar-refractivity contribution in [1.82, 2.24) is 10.6 Å². The lowest BCUT2D eigenvalue weighted by Gasteiger charge is -2.28. The van der Waals surface area contributed by atoms with Crippen molar-refractivity contribution in [2.24, 2.45) is 0 Å². The first-order chi connectivity index (χ1) is 4.84. The van der Waals surface area contributed by atoms with Crippen molar-refractivity contribution in [3.05, 3.63) is 0 Å². The predicted molar refractivity (Wildman–Crippen MR) is 40.9 cm³/mol. The van der Waals surface area contributed by atoms with Crippen LogP contribution < -0.4 is 10.6 Å². The first-order valence-electron chi connectivity index (χ1n) is 3.84. The van der Waals surface area contributed by atoms with E-state index in [0.29, 0.717) is 18.9 Å². The van der Waals surface area contributed by atoms with Crippen molar-refractivity contribution >= 4 is 0 Å². The lowest BCUT2D eigenvalue weighted by Crippen LogP contribution is -2.44. The standard InChI is InChI=1S/C7H16N2O/c1-6(8-2)7-3-4-9-5-10-7/h6-9H,3-5H2,1-2H3. The third kappa shape index (κ3) is 1.94. The van der Waals surface area contributed by atoms with Gasteiger partial charge < -0.3 is 10.1 Å². The van der Waals surface area contributed by atoms with Crippen LogP contribution in [0.4, 0.5) is 0 Å². The Labute approximate surface area is 62.1 Å². The van der Waals surface area contributed by atoms with Gasteiger partial charge in [-0.25, -0.2) is 0 Å². The highest BCUT2D eigenvalue weighted by Crippen LogP contribution is 2.05. The van der Waals surface area contributed by atoms with E-state index in [4.69, 9.17) is 4.74 Å². The van der Waals surface area contributed by atoms with E-state index in [1.165, 1.54) is 0 Å². The van der Waals surface area contributed by atoms with Crippen molar-refractivity contribution in [1.29, 1.82) is 0 Å². The van der Waals surface area contributed by atoms with Crippen molar-refractivity contribution in [3.8, 4) is 0 Å². The highest BCUT2D eigenvalue weighted by Gasteiger charge is 2.18. The maximum absolute atomic E-state index is 5.46. The van der Waals surface area contributed by atoms with Crippen LogP contribution in [0.15, 0.2) is 0 Å². The van der Waals surface area contributed by atoms with Crippen molar-refractivity contribution in [3.63, 3.8) is 0 Å². The lowest BCUT2D eigenvalue weighted by atomic mass is 10.1. The van der Waals surface area contributed by atoms with Gasteiger partial charge in [0.15, 0.2) is 0 Å². The monoisotopic (exact) mass is 144 g/mol. The molecule has 2 atom stereocenters. The number of likely N-dealkylation sites (N-methyl/N-ethyl adjacent to an activating group) is 1. The highest BCUT2D eigenvalue weighted by atomic mass is 16.5. The van der Waals surface area contributed by atoms with Gasteiger partial charge in [-0.15, -0.1) is 0 Å². The van der Waals surface area contributed by atoms with Crippen molar-refractivity contribution < 1.29 is 4.74 Å². The number of nitrogens with one attached hydrogen (secondary N) is 2. The summed E-state index contributed by atoms with van der Waals surface area (Å²) >= 11 is 0. The SMILES string of the molecule is CNC(C)C1CCNCO1. The molecule has 0 amide bonds. The highest BCUT2D eigenvalue weighted by molar-refractivity contribution is 4.73. The average Bonchev–Trinajstić information content (AvgIpc) is 2.05. The van der Waals surface area contributed by atoms with Crippen LogP contribution in [0, 0.1) is 0 Å². The zero-order valence-corrected chi connectivity index (χ0v) is 6.68. The molecule has 1 saturated heterocycles. The van der Waals surface area contributed by atoms with Crippen LogP contribution in [0.5, 0.6) is 0 Å². The summed E-state index contributed by atoms with van der Waals surface area (Å²) in [4.78, 5) is 0. The van der Waals surface area contributed by atoms with E-state index < -0.39 is 0 Å². The van der Waals surface area contributed by atoms with E-state index in [9.17, 15) is 0 Å². The van der Waals surface area contributed by atoms with Crippen LogP contribution in [0.25, 0.3) is 0 Å². The summed E-state index contributed by atoms with van der Waals surface area (Å²) in [6.45, 7) is 3.93. The fourth-order valence-corrected chi connectivity index (χ4v) is 1.15. The Kier molecular flexibility index (Phi) is 3.12. The summed E-state index contributed by atoms with van der Waals surface area (Å²) in [5.74, 6) is 0. The normalized spacial score (nSPS) is 30.0. The van der Waals surface area contributed by atoms with E-state index >= 15 is 0 Å². The predicted octanol–water partition coefficient (Wildman–Crippen LogP) is -0.0697. The molecule has 2 N–H and O–H groups in total. The molecule has 1 aliphatic rings. The molecule has 3 nitrogen and oxygen atoms in total. The van der Waals surface area contributed by atoms with Crippen LogP contribution in [-0.2, 0) is 4.74 Å². The molecule has 1 heterocycles. The van der Waals surface area contributed by atoms with Gasteiger partial charge in [-0.3, -0.25) is 5.32 Å². The Balaban J connectivity index is 2.24. The molecule has 3 heteroatoms. The Hall–Kier alpha value is -0.120. The number of hydrogen-bond donors (Lipinski definition) is 2. The first kappa shape index (κ1) is 7.98. The Morgan fingerprint density at radius 1 is 1.70 bits per heavy atom. The Morgan fingerprint density at radius 3 is 3.00 bits per heavy atom. The molecule has 1 rings (SSSR count). The van der Waals surface area contributed by atoms with Gasteiger partial charge in [0.1, 0.15) is 0 Å². The molecule has 0 aromatic carbocycles. The molecule has 0 saturated carbocycles. The van der Waals surface area contributed by atoms with Gasteiger partial charge in [0.05, 0.1) is 12.8 Å². The minimum Gasteiger partial charge on any atom is -0.361 e. The minimum atomic E-state index is 0.395. The summed E-state index contributed by atoms with van der Waals surface area (Å²) in [7, 11) is 1.97. The molecule has 0 spiro atoms. The van der Waals surface area contributed by atoms with Crippen LogP contribution in [-0.4, -0.2) is 32.5 Å². The molecule has 1 fully saturated rings. The number of rotatable bonds is 2. The van der Waals surface area contributed by atoms with E-state index in [2.05, 4.69) is 17.6 Å². The lowest BCUT2D eigenvalue weighted by molar-refractivity contribution is -0.00988. The molecule has 0 aromatic rings. The molecule has 2 unspecified atom stereocenters. The largest absolute Gasteiger partial charge is 0.361 e. The van der Waals surface area contributed by atoms with Crippen molar-refractivity contribution in [2.75, 3.05) is 20.3 Å². The molecule has 60 valence electrons. The van der Waals surface area contributed by atoms with E-state index in [-0.39, 0.29) is 0 Å². The van der Waals surface area contributed by atoms with E-state index in [1.54, 1.807) is 0 Å². The fraction of sp³-hybridized carbons (Fsp3) is 1.00. The van der Waals surface area contributed by atoms with Crippen LogP contribution in [0.3, 0.4) is 0 Å². The van der Waals surface area contributed by atoms with E-state index in [1.807, 2.05) is 7.05 Å². The maximum atomic E-state index is 5.46. The summed E-state index contributed by atoms with van der Waals surface area (Å²) in [5.41, 5.74) is 0. The molecule has 0 aliphatic carbocycles. The maximum Gasteiger partial charge on any atom is 0.0969 e. The van der Waals surface area contributed by atoms with Gasteiger partial charge in [-0.05, 0) is 26.9 Å². The average molecular weight is 144 g/mol. The van der Waals surface area contributed by atoms with Crippen LogP contribution in [0.2, 0.25) is 0 Å².